The van der Waals surface area contributed by atoms with Gasteiger partial charge >= 0.3 is 0 Å². The van der Waals surface area contributed by atoms with Gasteiger partial charge in [-0.3, -0.25) is 4.98 Å². The number of thiazole rings is 1. The molecule has 1 N–H and O–H groups in total. The summed E-state index contributed by atoms with van der Waals surface area (Å²) in [6, 6.07) is 1.17. The lowest BCUT2D eigenvalue weighted by molar-refractivity contribution is 0.466. The molecule has 0 amide bonds. The molecule has 1 fully saturated rings. The summed E-state index contributed by atoms with van der Waals surface area (Å²) >= 11 is 3.75. The Morgan fingerprint density at radius 1 is 1.60 bits per heavy atom. The number of thioether (sulfide) groups is 1. The summed E-state index contributed by atoms with van der Waals surface area (Å²) in [4.78, 5) is 5.47. The molecule has 1 aromatic rings. The molecule has 3 unspecified atom stereocenters. The number of nitrogens with zero attached hydrogens (tertiary/aromatic N) is 1. The second kappa shape index (κ2) is 5.32. The second-order valence-electron chi connectivity index (χ2n) is 4.16. The minimum Gasteiger partial charge on any atom is -0.307 e. The quantitative estimate of drug-likeness (QED) is 0.878. The van der Waals surface area contributed by atoms with Gasteiger partial charge < -0.3 is 5.32 Å². The summed E-state index contributed by atoms with van der Waals surface area (Å²) in [5.41, 5.74) is 1.91. The normalized spacial score (nSPS) is 28.1. The van der Waals surface area contributed by atoms with E-state index in [1.165, 1.54) is 24.1 Å². The standard InChI is InChI=1S/C11H18N2S2/c1-8(11-6-12-7-15-11)13-9-3-4-10(5-9)14-2/h6-10,13H,3-5H2,1-2H3. The minimum absolute atomic E-state index is 0.461. The highest BCUT2D eigenvalue weighted by Crippen LogP contribution is 2.30. The lowest BCUT2D eigenvalue weighted by atomic mass is 10.2. The molecule has 1 aromatic heterocycles. The van der Waals surface area contributed by atoms with Crippen LogP contribution in [-0.4, -0.2) is 22.5 Å². The Morgan fingerprint density at radius 3 is 3.07 bits per heavy atom. The van der Waals surface area contributed by atoms with Crippen LogP contribution in [-0.2, 0) is 0 Å². The van der Waals surface area contributed by atoms with Crippen LogP contribution in [0.4, 0.5) is 0 Å². The Bertz CT molecular complexity index is 287. The van der Waals surface area contributed by atoms with E-state index in [0.717, 1.165) is 5.25 Å². The van der Waals surface area contributed by atoms with Crippen LogP contribution in [0, 0.1) is 0 Å². The van der Waals surface area contributed by atoms with E-state index in [9.17, 15) is 0 Å². The third-order valence-electron chi connectivity index (χ3n) is 3.08. The van der Waals surface area contributed by atoms with Crippen molar-refractivity contribution in [2.45, 2.75) is 43.5 Å². The average molecular weight is 242 g/mol. The summed E-state index contributed by atoms with van der Waals surface area (Å²) in [7, 11) is 0. The molecule has 1 heterocycles. The van der Waals surface area contributed by atoms with E-state index >= 15 is 0 Å². The predicted molar refractivity (Wildman–Crippen MR) is 68.6 cm³/mol. The van der Waals surface area contributed by atoms with Crippen LogP contribution in [0.25, 0.3) is 0 Å². The maximum Gasteiger partial charge on any atom is 0.0794 e. The summed E-state index contributed by atoms with van der Waals surface area (Å²) in [5, 5.41) is 4.57. The lowest BCUT2D eigenvalue weighted by Crippen LogP contribution is -2.29. The van der Waals surface area contributed by atoms with Gasteiger partial charge in [-0.25, -0.2) is 0 Å². The molecule has 1 saturated carbocycles. The van der Waals surface area contributed by atoms with Gasteiger partial charge in [-0.15, -0.1) is 11.3 Å². The molecule has 2 rings (SSSR count). The van der Waals surface area contributed by atoms with E-state index in [2.05, 4.69) is 23.5 Å². The molecule has 0 spiro atoms. The van der Waals surface area contributed by atoms with Crippen LogP contribution in [0.3, 0.4) is 0 Å². The molecule has 84 valence electrons. The Hall–Kier alpha value is -0.0600. The van der Waals surface area contributed by atoms with Gasteiger partial charge in [0.05, 0.1) is 5.51 Å². The Kier molecular flexibility index (Phi) is 4.05. The smallest absolute Gasteiger partial charge is 0.0794 e. The van der Waals surface area contributed by atoms with Crippen molar-refractivity contribution in [2.24, 2.45) is 0 Å². The Labute approximate surface area is 99.9 Å². The van der Waals surface area contributed by atoms with Gasteiger partial charge in [0.2, 0.25) is 0 Å². The zero-order chi connectivity index (χ0) is 10.7. The van der Waals surface area contributed by atoms with Gasteiger partial charge in [-0.1, -0.05) is 0 Å². The zero-order valence-corrected chi connectivity index (χ0v) is 10.9. The Morgan fingerprint density at radius 2 is 2.47 bits per heavy atom. The molecule has 1 aliphatic carbocycles. The van der Waals surface area contributed by atoms with Crippen LogP contribution < -0.4 is 5.32 Å². The third-order valence-corrected chi connectivity index (χ3v) is 5.13. The number of aromatic nitrogens is 1. The maximum atomic E-state index is 4.12. The van der Waals surface area contributed by atoms with E-state index in [4.69, 9.17) is 0 Å². The fraction of sp³-hybridized carbons (Fsp3) is 0.727. The van der Waals surface area contributed by atoms with Crippen molar-refractivity contribution in [1.82, 2.24) is 10.3 Å². The van der Waals surface area contributed by atoms with Crippen molar-refractivity contribution in [3.05, 3.63) is 16.6 Å². The first-order chi connectivity index (χ1) is 7.29. The van der Waals surface area contributed by atoms with Crippen LogP contribution in [0.5, 0.6) is 0 Å². The highest BCUT2D eigenvalue weighted by molar-refractivity contribution is 7.99. The van der Waals surface area contributed by atoms with Gasteiger partial charge in [0.15, 0.2) is 0 Å². The van der Waals surface area contributed by atoms with Gasteiger partial charge in [-0.05, 0) is 32.4 Å². The molecule has 0 aliphatic heterocycles. The highest BCUT2D eigenvalue weighted by atomic mass is 32.2. The first-order valence-electron chi connectivity index (χ1n) is 5.47. The minimum atomic E-state index is 0.461. The number of nitrogens with one attached hydrogen (secondary N) is 1. The van der Waals surface area contributed by atoms with Gasteiger partial charge in [0.25, 0.3) is 0 Å². The number of rotatable bonds is 4. The monoisotopic (exact) mass is 242 g/mol. The van der Waals surface area contributed by atoms with Crippen molar-refractivity contribution in [3.8, 4) is 0 Å². The average Bonchev–Trinajstić information content (AvgIpc) is 2.87. The van der Waals surface area contributed by atoms with E-state index in [-0.39, 0.29) is 0 Å². The summed E-state index contributed by atoms with van der Waals surface area (Å²) in [6.07, 6.45) is 8.22. The second-order valence-corrected chi connectivity index (χ2v) is 6.22. The van der Waals surface area contributed by atoms with Crippen molar-refractivity contribution in [2.75, 3.05) is 6.26 Å². The lowest BCUT2D eigenvalue weighted by Gasteiger charge is -2.18. The fourth-order valence-electron chi connectivity index (χ4n) is 2.18. The van der Waals surface area contributed by atoms with Crippen LogP contribution in [0.1, 0.15) is 37.1 Å². The maximum absolute atomic E-state index is 4.12. The molecule has 2 nitrogen and oxygen atoms in total. The molecule has 0 saturated heterocycles. The molecule has 1 aliphatic rings. The van der Waals surface area contributed by atoms with E-state index in [0.29, 0.717) is 12.1 Å². The summed E-state index contributed by atoms with van der Waals surface area (Å²) < 4.78 is 0. The molecule has 4 heteroatoms. The molecule has 0 aromatic carbocycles. The van der Waals surface area contributed by atoms with Gasteiger partial charge in [0, 0.05) is 28.4 Å². The molecule has 3 atom stereocenters. The Balaban J connectivity index is 1.83. The van der Waals surface area contributed by atoms with E-state index in [1.807, 2.05) is 23.5 Å². The highest BCUT2D eigenvalue weighted by Gasteiger charge is 2.25. The largest absolute Gasteiger partial charge is 0.307 e. The molecular weight excluding hydrogens is 224 g/mol. The van der Waals surface area contributed by atoms with E-state index < -0.39 is 0 Å². The van der Waals surface area contributed by atoms with Gasteiger partial charge in [-0.2, -0.15) is 11.8 Å². The SMILES string of the molecule is CSC1CCC(NC(C)c2cncs2)C1. The topological polar surface area (TPSA) is 24.9 Å². The number of hydrogen-bond acceptors (Lipinski definition) is 4. The third kappa shape index (κ3) is 2.95. The van der Waals surface area contributed by atoms with Gasteiger partial charge in [0.1, 0.15) is 0 Å². The predicted octanol–water partition coefficient (Wildman–Crippen LogP) is 3.08. The molecule has 0 bridgehead atoms. The van der Waals surface area contributed by atoms with E-state index in [1.54, 1.807) is 11.3 Å². The first-order valence-corrected chi connectivity index (χ1v) is 7.63. The summed E-state index contributed by atoms with van der Waals surface area (Å²) in [5.74, 6) is 0. The summed E-state index contributed by atoms with van der Waals surface area (Å²) in [6.45, 7) is 2.24. The fourth-order valence-corrected chi connectivity index (χ4v) is 3.61. The van der Waals surface area contributed by atoms with Crippen LogP contribution >= 0.6 is 23.1 Å². The number of hydrogen-bond donors (Lipinski definition) is 1. The van der Waals surface area contributed by atoms with Crippen LogP contribution in [0.15, 0.2) is 11.7 Å². The van der Waals surface area contributed by atoms with Crippen molar-refractivity contribution < 1.29 is 0 Å². The first kappa shape index (κ1) is 11.4. The van der Waals surface area contributed by atoms with Crippen molar-refractivity contribution in [1.29, 1.82) is 0 Å². The molecule has 0 radical (unpaired) electrons. The zero-order valence-electron chi connectivity index (χ0n) is 9.27. The van der Waals surface area contributed by atoms with Crippen molar-refractivity contribution in [3.63, 3.8) is 0 Å². The molecular formula is C11H18N2S2. The molecule has 15 heavy (non-hydrogen) atoms. The van der Waals surface area contributed by atoms with Crippen molar-refractivity contribution >= 4 is 23.1 Å². The van der Waals surface area contributed by atoms with Crippen LogP contribution in [0.2, 0.25) is 0 Å².